The molecule has 1 spiro atoms. The van der Waals surface area contributed by atoms with E-state index in [0.29, 0.717) is 42.8 Å². The zero-order valence-electron chi connectivity index (χ0n) is 25.0. The number of fused-ring (bicyclic) bond motifs is 2. The van der Waals surface area contributed by atoms with Gasteiger partial charge in [-0.3, -0.25) is 4.79 Å². The zero-order valence-corrected chi connectivity index (χ0v) is 25.8. The first-order chi connectivity index (χ1) is 20.4. The summed E-state index contributed by atoms with van der Waals surface area (Å²) < 4.78 is 37.3. The molecule has 0 N–H and O–H groups in total. The summed E-state index contributed by atoms with van der Waals surface area (Å²) in [5.74, 6) is 0.958. The number of sulfonamides is 1. The minimum atomic E-state index is -3.76. The first-order valence-electron chi connectivity index (χ1n) is 16.0. The smallest absolute Gasteiger partial charge is 0.243 e. The van der Waals surface area contributed by atoms with Crippen LogP contribution >= 0.6 is 0 Å². The van der Waals surface area contributed by atoms with E-state index in [1.54, 1.807) is 16.4 Å². The van der Waals surface area contributed by atoms with Crippen molar-refractivity contribution in [3.05, 3.63) is 77.9 Å². The van der Waals surface area contributed by atoms with Crippen molar-refractivity contribution in [3.8, 4) is 0 Å². The molecule has 2 aromatic rings. The third-order valence-electron chi connectivity index (χ3n) is 10.4. The minimum absolute atomic E-state index is 0.206. The summed E-state index contributed by atoms with van der Waals surface area (Å²) in [5, 5.41) is 0. The number of rotatable bonds is 5. The van der Waals surface area contributed by atoms with Gasteiger partial charge in [-0.1, -0.05) is 66.6 Å². The molecule has 1 amide bonds. The quantitative estimate of drug-likeness (QED) is 0.373. The predicted molar refractivity (Wildman–Crippen MR) is 165 cm³/mol. The van der Waals surface area contributed by atoms with Gasteiger partial charge in [0.25, 0.3) is 0 Å². The standard InChI is InChI=1S/C35H46N2O4S/c1-27-16-18-30(19-17-27)42(39,40)37-26-35-20-12-7-5-3-2-4-6-11-15-34(38)36(25-35)23-29-21-33(32(37)22-31(29)35)41-24-28-13-9-8-10-14-28/h3,5,8-10,13-14,16-19,29,31-33H,2,4,6-7,11-12,15,20-26H2,1H3/b5-3-/t29-,31-,32+,33+,35-/m1/s1. The van der Waals surface area contributed by atoms with Crippen LogP contribution in [-0.2, 0) is 26.2 Å². The molecule has 0 aromatic heterocycles. The molecule has 0 unspecified atom stereocenters. The average molecular weight is 591 g/mol. The van der Waals surface area contributed by atoms with Gasteiger partial charge in [0.1, 0.15) is 0 Å². The van der Waals surface area contributed by atoms with Gasteiger partial charge in [-0.05, 0) is 87.8 Å². The fraction of sp³-hybridized carbons (Fsp3) is 0.571. The molecule has 2 saturated heterocycles. The number of hydrogen-bond acceptors (Lipinski definition) is 4. The molecule has 42 heavy (non-hydrogen) atoms. The predicted octanol–water partition coefficient (Wildman–Crippen LogP) is 6.50. The van der Waals surface area contributed by atoms with Crippen LogP contribution in [0.25, 0.3) is 0 Å². The van der Waals surface area contributed by atoms with E-state index in [0.717, 1.165) is 75.5 Å². The Morgan fingerprint density at radius 2 is 1.67 bits per heavy atom. The second kappa shape index (κ2) is 12.6. The Morgan fingerprint density at radius 3 is 2.45 bits per heavy atom. The molecule has 5 atom stereocenters. The molecule has 7 heteroatoms. The number of aryl methyl sites for hydroxylation is 1. The maximum absolute atomic E-state index is 14.4. The highest BCUT2D eigenvalue weighted by Crippen LogP contribution is 2.55. The lowest BCUT2D eigenvalue weighted by atomic mass is 9.55. The summed E-state index contributed by atoms with van der Waals surface area (Å²) in [6, 6.07) is 17.2. The van der Waals surface area contributed by atoms with E-state index in [1.807, 2.05) is 37.3 Å². The fourth-order valence-electron chi connectivity index (χ4n) is 8.20. The van der Waals surface area contributed by atoms with Crippen molar-refractivity contribution in [2.24, 2.45) is 17.3 Å². The fourth-order valence-corrected chi connectivity index (χ4v) is 9.95. The molecule has 4 bridgehead atoms. The van der Waals surface area contributed by atoms with Crippen molar-refractivity contribution >= 4 is 15.9 Å². The summed E-state index contributed by atoms with van der Waals surface area (Å²) in [4.78, 5) is 16.1. The third kappa shape index (κ3) is 6.11. The van der Waals surface area contributed by atoms with E-state index in [9.17, 15) is 13.2 Å². The van der Waals surface area contributed by atoms with Gasteiger partial charge in [-0.2, -0.15) is 4.31 Å². The van der Waals surface area contributed by atoms with Crippen molar-refractivity contribution in [2.45, 2.75) is 94.8 Å². The lowest BCUT2D eigenvalue weighted by molar-refractivity contribution is -0.166. The van der Waals surface area contributed by atoms with Crippen LogP contribution in [0.1, 0.15) is 75.3 Å². The van der Waals surface area contributed by atoms with Crippen LogP contribution in [0.4, 0.5) is 0 Å². The highest BCUT2D eigenvalue weighted by molar-refractivity contribution is 7.89. The largest absolute Gasteiger partial charge is 0.372 e. The number of carbonyl (C=O) groups is 1. The lowest BCUT2D eigenvalue weighted by Crippen LogP contribution is -2.69. The lowest BCUT2D eigenvalue weighted by Gasteiger charge is -2.62. The first kappa shape index (κ1) is 29.6. The molecule has 3 aliphatic heterocycles. The first-order valence-corrected chi connectivity index (χ1v) is 17.5. The van der Waals surface area contributed by atoms with Crippen molar-refractivity contribution in [1.29, 1.82) is 0 Å². The van der Waals surface area contributed by atoms with Crippen LogP contribution in [0.5, 0.6) is 0 Å². The van der Waals surface area contributed by atoms with Crippen LogP contribution in [-0.4, -0.2) is 55.3 Å². The number of allylic oxidation sites excluding steroid dienone is 2. The topological polar surface area (TPSA) is 66.9 Å². The van der Waals surface area contributed by atoms with Crippen molar-refractivity contribution in [1.82, 2.24) is 9.21 Å². The Balaban J connectivity index is 1.37. The SMILES string of the molecule is Cc1ccc(S(=O)(=O)N2C[C@]34CCC/C=C\CCCCCC(=O)N(C[C@H]5C[C@H](OCc6ccccc6)[C@@H]2C[C@H]53)C4)cc1. The average Bonchev–Trinajstić information content (AvgIpc) is 3.00. The number of hydrogen-bond donors (Lipinski definition) is 0. The Kier molecular flexibility index (Phi) is 8.90. The summed E-state index contributed by atoms with van der Waals surface area (Å²) in [5.41, 5.74) is 1.89. The van der Waals surface area contributed by atoms with Crippen LogP contribution in [0, 0.1) is 24.2 Å². The minimum Gasteiger partial charge on any atom is -0.372 e. The molecule has 4 aliphatic rings. The van der Waals surface area contributed by atoms with E-state index in [1.165, 1.54) is 0 Å². The summed E-state index contributed by atoms with van der Waals surface area (Å²) >= 11 is 0. The molecule has 0 radical (unpaired) electrons. The van der Waals surface area contributed by atoms with Gasteiger partial charge in [0.2, 0.25) is 15.9 Å². The second-order valence-corrected chi connectivity index (χ2v) is 15.1. The van der Waals surface area contributed by atoms with Gasteiger partial charge in [0, 0.05) is 31.5 Å². The third-order valence-corrected chi connectivity index (χ3v) is 12.3. The van der Waals surface area contributed by atoms with E-state index in [4.69, 9.17) is 4.74 Å². The van der Waals surface area contributed by atoms with E-state index in [-0.39, 0.29) is 23.5 Å². The van der Waals surface area contributed by atoms with Crippen molar-refractivity contribution in [3.63, 3.8) is 0 Å². The summed E-state index contributed by atoms with van der Waals surface area (Å²) in [6.45, 7) is 4.32. The Hall–Kier alpha value is -2.48. The molecule has 3 heterocycles. The number of piperidine rings is 2. The number of benzene rings is 2. The maximum Gasteiger partial charge on any atom is 0.243 e. The van der Waals surface area contributed by atoms with Gasteiger partial charge in [-0.15, -0.1) is 0 Å². The van der Waals surface area contributed by atoms with Crippen LogP contribution in [0.2, 0.25) is 0 Å². The van der Waals surface area contributed by atoms with Gasteiger partial charge in [0.05, 0.1) is 23.6 Å². The molecule has 2 aromatic carbocycles. The molecule has 1 aliphatic carbocycles. The zero-order chi connectivity index (χ0) is 29.2. The van der Waals surface area contributed by atoms with Crippen molar-refractivity contribution < 1.29 is 17.9 Å². The molecular weight excluding hydrogens is 544 g/mol. The molecule has 1 saturated carbocycles. The van der Waals surface area contributed by atoms with E-state index >= 15 is 0 Å². The second-order valence-electron chi connectivity index (χ2n) is 13.2. The molecule has 6 rings (SSSR count). The normalized spacial score (nSPS) is 31.7. The van der Waals surface area contributed by atoms with Gasteiger partial charge < -0.3 is 9.64 Å². The van der Waals surface area contributed by atoms with E-state index in [2.05, 4.69) is 29.2 Å². The van der Waals surface area contributed by atoms with E-state index < -0.39 is 10.0 Å². The van der Waals surface area contributed by atoms with Crippen molar-refractivity contribution in [2.75, 3.05) is 19.6 Å². The molecular formula is C35H46N2O4S. The van der Waals surface area contributed by atoms with Gasteiger partial charge in [-0.25, -0.2) is 8.42 Å². The van der Waals surface area contributed by atoms with Crippen LogP contribution in [0.15, 0.2) is 71.6 Å². The highest BCUT2D eigenvalue weighted by atomic mass is 32.2. The van der Waals surface area contributed by atoms with Crippen LogP contribution in [0.3, 0.4) is 0 Å². The number of nitrogens with zero attached hydrogens (tertiary/aromatic N) is 2. The van der Waals surface area contributed by atoms with Crippen LogP contribution < -0.4 is 0 Å². The Bertz CT molecular complexity index is 1360. The molecule has 226 valence electrons. The molecule has 6 nitrogen and oxygen atoms in total. The number of carbonyl (C=O) groups excluding carboxylic acids is 1. The number of ether oxygens (including phenoxy) is 1. The maximum atomic E-state index is 14.4. The highest BCUT2D eigenvalue weighted by Gasteiger charge is 2.60. The Labute approximate surface area is 252 Å². The summed E-state index contributed by atoms with van der Waals surface area (Å²) in [6.07, 6.45) is 13.7. The molecule has 3 fully saturated rings. The Morgan fingerprint density at radius 1 is 0.905 bits per heavy atom. The van der Waals surface area contributed by atoms with Gasteiger partial charge >= 0.3 is 0 Å². The monoisotopic (exact) mass is 590 g/mol. The van der Waals surface area contributed by atoms with Gasteiger partial charge in [0.15, 0.2) is 0 Å². The summed E-state index contributed by atoms with van der Waals surface area (Å²) in [7, 11) is -3.76. The number of amides is 1.